The van der Waals surface area contributed by atoms with Crippen LogP contribution in [0.2, 0.25) is 0 Å². The lowest BCUT2D eigenvalue weighted by molar-refractivity contribution is 0.0648. The van der Waals surface area contributed by atoms with Gasteiger partial charge in [0.05, 0.1) is 18.5 Å². The predicted octanol–water partition coefficient (Wildman–Crippen LogP) is 5.68. The number of aromatic amines is 1. The first-order chi connectivity index (χ1) is 15.3. The first-order valence-electron chi connectivity index (χ1n) is 10.9. The summed E-state index contributed by atoms with van der Waals surface area (Å²) in [4.78, 5) is 8.75. The second-order valence-corrected chi connectivity index (χ2v) is 8.19. The van der Waals surface area contributed by atoms with E-state index in [0.29, 0.717) is 12.5 Å². The molecule has 1 N–H and O–H groups in total. The zero-order valence-corrected chi connectivity index (χ0v) is 17.4. The molecule has 0 amide bonds. The Balaban J connectivity index is 1.27. The molecule has 0 saturated heterocycles. The quantitative estimate of drug-likeness (QED) is 0.564. The highest BCUT2D eigenvalue weighted by Gasteiger charge is 2.41. The van der Waals surface area contributed by atoms with Gasteiger partial charge < -0.3 is 9.47 Å². The molecule has 158 valence electrons. The summed E-state index contributed by atoms with van der Waals surface area (Å²) in [5.74, 6) is 2.82. The Hall–Kier alpha value is -3.41. The topological polar surface area (TPSA) is 71.9 Å². The molecule has 1 unspecified atom stereocenters. The van der Waals surface area contributed by atoms with Gasteiger partial charge in [-0.25, -0.2) is 4.99 Å². The van der Waals surface area contributed by atoms with Gasteiger partial charge in [-0.05, 0) is 73.0 Å². The van der Waals surface area contributed by atoms with Crippen molar-refractivity contribution < 1.29 is 9.47 Å². The van der Waals surface area contributed by atoms with Crippen molar-refractivity contribution in [2.45, 2.75) is 37.7 Å². The van der Waals surface area contributed by atoms with Crippen molar-refractivity contribution >= 4 is 12.6 Å². The second-order valence-electron chi connectivity index (χ2n) is 8.19. The molecule has 1 atom stereocenters. The fraction of sp³-hybridized carbons (Fsp3) is 0.320. The van der Waals surface area contributed by atoms with Crippen LogP contribution >= 0.6 is 0 Å². The summed E-state index contributed by atoms with van der Waals surface area (Å²) in [6.07, 6.45) is 11.5. The number of hydrogen-bond donors (Lipinski definition) is 1. The van der Waals surface area contributed by atoms with Crippen LogP contribution in [0.3, 0.4) is 0 Å². The molecule has 0 spiro atoms. The van der Waals surface area contributed by atoms with Crippen molar-refractivity contribution in [1.29, 1.82) is 0 Å². The molecule has 1 aromatic heterocycles. The number of nitrogens with zero attached hydrogens (tertiary/aromatic N) is 3. The van der Waals surface area contributed by atoms with Crippen LogP contribution in [0.15, 0.2) is 70.8 Å². The molecule has 0 radical (unpaired) electrons. The van der Waals surface area contributed by atoms with Gasteiger partial charge in [-0.1, -0.05) is 19.3 Å². The van der Waals surface area contributed by atoms with Gasteiger partial charge in [0.1, 0.15) is 23.6 Å². The van der Waals surface area contributed by atoms with Gasteiger partial charge >= 0.3 is 0 Å². The molecule has 2 heterocycles. The summed E-state index contributed by atoms with van der Waals surface area (Å²) in [6, 6.07) is 17.7. The van der Waals surface area contributed by atoms with Crippen LogP contribution in [0.25, 0.3) is 11.3 Å². The van der Waals surface area contributed by atoms with Crippen molar-refractivity contribution in [3.63, 3.8) is 0 Å². The molecular weight excluding hydrogens is 388 g/mol. The largest absolute Gasteiger partial charge is 0.479 e. The molecule has 6 heteroatoms. The smallest absolute Gasteiger partial charge is 0.166 e. The van der Waals surface area contributed by atoms with Crippen molar-refractivity contribution in [1.82, 2.24) is 10.2 Å². The summed E-state index contributed by atoms with van der Waals surface area (Å²) in [5, 5.41) is 6.96. The number of ether oxygens (including phenoxy) is 2. The fourth-order valence-corrected chi connectivity index (χ4v) is 4.45. The average molecular weight is 415 g/mol. The Labute approximate surface area is 182 Å². The molecule has 1 aliphatic heterocycles. The van der Waals surface area contributed by atoms with Crippen molar-refractivity contribution in [2.75, 3.05) is 6.54 Å². The predicted molar refractivity (Wildman–Crippen MR) is 122 cm³/mol. The number of hydrogen-bond acceptors (Lipinski definition) is 5. The number of rotatable bonds is 6. The highest BCUT2D eigenvalue weighted by Crippen LogP contribution is 2.37. The normalized spacial score (nSPS) is 21.2. The van der Waals surface area contributed by atoms with E-state index in [1.54, 1.807) is 12.5 Å². The van der Waals surface area contributed by atoms with E-state index in [0.717, 1.165) is 41.3 Å². The third-order valence-electron chi connectivity index (χ3n) is 6.11. The van der Waals surface area contributed by atoms with Crippen LogP contribution in [-0.2, 0) is 0 Å². The third kappa shape index (κ3) is 4.38. The minimum Gasteiger partial charge on any atom is -0.479 e. The molecule has 2 aromatic carbocycles. The van der Waals surface area contributed by atoms with E-state index < -0.39 is 5.60 Å². The molecule has 1 fully saturated rings. The third-order valence-corrected chi connectivity index (χ3v) is 6.11. The minimum absolute atomic E-state index is 0.444. The molecule has 6 nitrogen and oxygen atoms in total. The van der Waals surface area contributed by atoms with Crippen LogP contribution in [0.4, 0.5) is 0 Å². The molecule has 3 aromatic rings. The Kier molecular flexibility index (Phi) is 5.52. The van der Waals surface area contributed by atoms with Crippen LogP contribution < -0.4 is 9.47 Å². The molecular formula is C25H26N4O2. The lowest BCUT2D eigenvalue weighted by Crippen LogP contribution is -2.50. The van der Waals surface area contributed by atoms with Crippen LogP contribution in [0, 0.1) is 5.92 Å². The molecule has 1 saturated carbocycles. The summed E-state index contributed by atoms with van der Waals surface area (Å²) < 4.78 is 12.5. The molecule has 5 rings (SSSR count). The van der Waals surface area contributed by atoms with E-state index >= 15 is 0 Å². The lowest BCUT2D eigenvalue weighted by Gasteiger charge is -2.39. The Morgan fingerprint density at radius 3 is 2.19 bits per heavy atom. The van der Waals surface area contributed by atoms with Gasteiger partial charge in [0.25, 0.3) is 0 Å². The van der Waals surface area contributed by atoms with Gasteiger partial charge in [-0.2, -0.15) is 5.10 Å². The van der Waals surface area contributed by atoms with Crippen molar-refractivity contribution in [3.8, 4) is 28.5 Å². The molecule has 2 aliphatic rings. The van der Waals surface area contributed by atoms with Gasteiger partial charge in [-0.15, -0.1) is 0 Å². The van der Waals surface area contributed by atoms with Crippen LogP contribution in [0.1, 0.15) is 32.1 Å². The van der Waals surface area contributed by atoms with Gasteiger partial charge in [-0.3, -0.25) is 10.1 Å². The first kappa shape index (κ1) is 19.5. The summed E-state index contributed by atoms with van der Waals surface area (Å²) in [5.41, 5.74) is 1.61. The maximum absolute atomic E-state index is 6.52. The van der Waals surface area contributed by atoms with E-state index in [-0.39, 0.29) is 0 Å². The summed E-state index contributed by atoms with van der Waals surface area (Å²) in [6.45, 7) is 0.627. The molecule has 1 aliphatic carbocycles. The summed E-state index contributed by atoms with van der Waals surface area (Å²) in [7, 11) is 0. The Morgan fingerprint density at radius 1 is 0.839 bits per heavy atom. The van der Waals surface area contributed by atoms with E-state index in [4.69, 9.17) is 9.47 Å². The number of aliphatic imine (C=N–C) groups is 2. The van der Waals surface area contributed by atoms with E-state index in [1.807, 2.05) is 60.8 Å². The van der Waals surface area contributed by atoms with E-state index in [2.05, 4.69) is 20.2 Å². The lowest BCUT2D eigenvalue weighted by atomic mass is 9.77. The number of aromatic nitrogens is 2. The zero-order valence-electron chi connectivity index (χ0n) is 17.4. The van der Waals surface area contributed by atoms with E-state index in [1.165, 1.54) is 19.3 Å². The van der Waals surface area contributed by atoms with Crippen molar-refractivity contribution in [2.24, 2.45) is 15.9 Å². The zero-order chi connectivity index (χ0) is 20.9. The van der Waals surface area contributed by atoms with Gasteiger partial charge in [0.15, 0.2) is 5.60 Å². The SMILES string of the molecule is C1=NC=NCC1(Oc1ccc(Oc2ccc(-c3ccn[nH]3)cc2)cc1)C1CCCCC1. The monoisotopic (exact) mass is 414 g/mol. The Morgan fingerprint density at radius 2 is 1.55 bits per heavy atom. The summed E-state index contributed by atoms with van der Waals surface area (Å²) >= 11 is 0. The molecule has 31 heavy (non-hydrogen) atoms. The maximum atomic E-state index is 6.52. The maximum Gasteiger partial charge on any atom is 0.166 e. The number of benzene rings is 2. The highest BCUT2D eigenvalue weighted by molar-refractivity contribution is 5.82. The average Bonchev–Trinajstić information content (AvgIpc) is 3.37. The van der Waals surface area contributed by atoms with Crippen molar-refractivity contribution in [3.05, 3.63) is 60.8 Å². The number of nitrogens with one attached hydrogen (secondary N) is 1. The second kappa shape index (κ2) is 8.76. The van der Waals surface area contributed by atoms with Gasteiger partial charge in [0.2, 0.25) is 0 Å². The van der Waals surface area contributed by atoms with E-state index in [9.17, 15) is 0 Å². The highest BCUT2D eigenvalue weighted by atomic mass is 16.5. The Bertz CT molecular complexity index is 1040. The standard InChI is InChI=1S/C25H26N4O2/c1-2-4-20(5-3-1)25(16-26-18-27-17-25)31-23-12-10-22(11-13-23)30-21-8-6-19(7-9-21)24-14-15-28-29-24/h6-16,18,20H,1-5,17H2,(H,28,29). The van der Waals surface area contributed by atoms with Crippen LogP contribution in [-0.4, -0.2) is 34.9 Å². The fourth-order valence-electron chi connectivity index (χ4n) is 4.45. The number of H-pyrrole nitrogens is 1. The van der Waals surface area contributed by atoms with Crippen LogP contribution in [0.5, 0.6) is 17.2 Å². The van der Waals surface area contributed by atoms with Gasteiger partial charge in [0, 0.05) is 12.1 Å². The first-order valence-corrected chi connectivity index (χ1v) is 10.9. The minimum atomic E-state index is -0.444. The molecule has 0 bridgehead atoms.